The van der Waals surface area contributed by atoms with Gasteiger partial charge in [-0.25, -0.2) is 4.39 Å². The Morgan fingerprint density at radius 2 is 2.04 bits per heavy atom. The Bertz CT molecular complexity index is 577. The number of likely N-dealkylation sites (N-methyl/N-ethyl adjacent to an activating group) is 1. The summed E-state index contributed by atoms with van der Waals surface area (Å²) in [6, 6.07) is 8.17. The van der Waals surface area contributed by atoms with Crippen molar-refractivity contribution in [1.29, 1.82) is 5.26 Å². The molecule has 6 heteroatoms. The Morgan fingerprint density at radius 3 is 2.67 bits per heavy atom. The first-order chi connectivity index (χ1) is 11.5. The van der Waals surface area contributed by atoms with Crippen LogP contribution in [-0.4, -0.2) is 43.1 Å². The van der Waals surface area contributed by atoms with Crippen molar-refractivity contribution in [1.82, 2.24) is 10.2 Å². The monoisotopic (exact) mass is 333 g/mol. The van der Waals surface area contributed by atoms with Crippen LogP contribution in [0.3, 0.4) is 0 Å². The van der Waals surface area contributed by atoms with Gasteiger partial charge in [-0.1, -0.05) is 0 Å². The van der Waals surface area contributed by atoms with Crippen molar-refractivity contribution in [3.05, 3.63) is 30.1 Å². The second kappa shape index (κ2) is 8.65. The Morgan fingerprint density at radius 1 is 1.38 bits per heavy atom. The molecule has 1 aliphatic rings. The van der Waals surface area contributed by atoms with Gasteiger partial charge in [-0.15, -0.1) is 0 Å². The SMILES string of the molecule is CN(CCCOc1ccc(F)cc1)CC(=O)NC1(C#N)CCCC1. The molecule has 0 unspecified atom stereocenters. The zero-order valence-electron chi connectivity index (χ0n) is 14.1. The zero-order valence-corrected chi connectivity index (χ0v) is 14.1. The zero-order chi connectivity index (χ0) is 17.4. The summed E-state index contributed by atoms with van der Waals surface area (Å²) in [5.41, 5.74) is -0.663. The number of hydrogen-bond donors (Lipinski definition) is 1. The van der Waals surface area contributed by atoms with Crippen molar-refractivity contribution in [2.45, 2.75) is 37.6 Å². The largest absolute Gasteiger partial charge is 0.494 e. The first-order valence-corrected chi connectivity index (χ1v) is 8.32. The molecule has 0 bridgehead atoms. The quantitative estimate of drug-likeness (QED) is 0.742. The summed E-state index contributed by atoms with van der Waals surface area (Å²) < 4.78 is 18.3. The van der Waals surface area contributed by atoms with Gasteiger partial charge in [-0.05, 0) is 63.4 Å². The topological polar surface area (TPSA) is 65.4 Å². The van der Waals surface area contributed by atoms with Crippen LogP contribution in [0.15, 0.2) is 24.3 Å². The van der Waals surface area contributed by atoms with Crippen molar-refractivity contribution in [2.75, 3.05) is 26.7 Å². The third-order valence-electron chi connectivity index (χ3n) is 4.23. The van der Waals surface area contributed by atoms with E-state index in [-0.39, 0.29) is 18.3 Å². The molecule has 0 saturated heterocycles. The number of nitrogens with one attached hydrogen (secondary N) is 1. The van der Waals surface area contributed by atoms with Gasteiger partial charge >= 0.3 is 0 Å². The lowest BCUT2D eigenvalue weighted by atomic mass is 10.00. The van der Waals surface area contributed by atoms with Gasteiger partial charge in [0, 0.05) is 6.54 Å². The van der Waals surface area contributed by atoms with Crippen LogP contribution in [0.25, 0.3) is 0 Å². The first-order valence-electron chi connectivity index (χ1n) is 8.32. The van der Waals surface area contributed by atoms with Crippen molar-refractivity contribution in [3.8, 4) is 11.8 Å². The van der Waals surface area contributed by atoms with Gasteiger partial charge in [-0.3, -0.25) is 9.69 Å². The molecule has 0 spiro atoms. The van der Waals surface area contributed by atoms with Crippen LogP contribution in [0.5, 0.6) is 5.75 Å². The molecule has 0 heterocycles. The highest BCUT2D eigenvalue weighted by Crippen LogP contribution is 2.28. The number of benzene rings is 1. The van der Waals surface area contributed by atoms with E-state index in [0.29, 0.717) is 18.9 Å². The van der Waals surface area contributed by atoms with Crippen molar-refractivity contribution >= 4 is 5.91 Å². The number of carbonyl (C=O) groups excluding carboxylic acids is 1. The van der Waals surface area contributed by atoms with E-state index < -0.39 is 5.54 Å². The minimum Gasteiger partial charge on any atom is -0.494 e. The summed E-state index contributed by atoms with van der Waals surface area (Å²) in [6.07, 6.45) is 4.22. The highest BCUT2D eigenvalue weighted by molar-refractivity contribution is 5.79. The van der Waals surface area contributed by atoms with E-state index in [2.05, 4.69) is 11.4 Å². The van der Waals surface area contributed by atoms with Crippen LogP contribution in [0, 0.1) is 17.1 Å². The van der Waals surface area contributed by atoms with Gasteiger partial charge in [0.2, 0.25) is 5.91 Å². The predicted octanol–water partition coefficient (Wildman–Crippen LogP) is 2.48. The van der Waals surface area contributed by atoms with Gasteiger partial charge in [-0.2, -0.15) is 5.26 Å². The fourth-order valence-electron chi connectivity index (χ4n) is 2.93. The second-order valence-electron chi connectivity index (χ2n) is 6.34. The molecule has 0 aliphatic heterocycles. The van der Waals surface area contributed by atoms with Crippen molar-refractivity contribution < 1.29 is 13.9 Å². The van der Waals surface area contributed by atoms with Crippen LogP contribution in [0.2, 0.25) is 0 Å². The number of rotatable bonds is 8. The number of nitrogens with zero attached hydrogens (tertiary/aromatic N) is 2. The lowest BCUT2D eigenvalue weighted by Crippen LogP contribution is -2.48. The summed E-state index contributed by atoms with van der Waals surface area (Å²) in [7, 11) is 1.87. The molecule has 1 aliphatic carbocycles. The molecule has 1 saturated carbocycles. The molecule has 1 aromatic rings. The molecule has 130 valence electrons. The van der Waals surface area contributed by atoms with E-state index >= 15 is 0 Å². The molecule has 5 nitrogen and oxygen atoms in total. The fraction of sp³-hybridized carbons (Fsp3) is 0.556. The van der Waals surface area contributed by atoms with Gasteiger partial charge in [0.05, 0.1) is 19.2 Å². The average molecular weight is 333 g/mol. The number of halogens is 1. The number of amides is 1. The summed E-state index contributed by atoms with van der Waals surface area (Å²) in [5.74, 6) is 0.236. The number of nitriles is 1. The van der Waals surface area contributed by atoms with E-state index in [9.17, 15) is 14.4 Å². The molecule has 1 amide bonds. The first kappa shape index (κ1) is 18.2. The van der Waals surface area contributed by atoms with E-state index in [1.54, 1.807) is 12.1 Å². The highest BCUT2D eigenvalue weighted by atomic mass is 19.1. The van der Waals surface area contributed by atoms with Gasteiger partial charge in [0.25, 0.3) is 0 Å². The summed E-state index contributed by atoms with van der Waals surface area (Å²) in [5, 5.41) is 12.2. The van der Waals surface area contributed by atoms with Crippen LogP contribution < -0.4 is 10.1 Å². The lowest BCUT2D eigenvalue weighted by molar-refractivity contribution is -0.123. The molecule has 1 N–H and O–H groups in total. The van der Waals surface area contributed by atoms with Crippen LogP contribution in [-0.2, 0) is 4.79 Å². The van der Waals surface area contributed by atoms with Gasteiger partial charge in [0.1, 0.15) is 17.1 Å². The maximum absolute atomic E-state index is 12.8. The van der Waals surface area contributed by atoms with E-state index in [0.717, 1.165) is 32.1 Å². The third kappa shape index (κ3) is 5.50. The van der Waals surface area contributed by atoms with E-state index in [4.69, 9.17) is 4.74 Å². The normalized spacial score (nSPS) is 15.9. The van der Waals surface area contributed by atoms with Gasteiger partial charge in [0.15, 0.2) is 0 Å². The van der Waals surface area contributed by atoms with Crippen LogP contribution in [0.1, 0.15) is 32.1 Å². The Balaban J connectivity index is 1.64. The van der Waals surface area contributed by atoms with Gasteiger partial charge < -0.3 is 10.1 Å². The van der Waals surface area contributed by atoms with Crippen molar-refractivity contribution in [2.24, 2.45) is 0 Å². The Labute approximate surface area is 142 Å². The molecule has 2 rings (SSSR count). The summed E-state index contributed by atoms with van der Waals surface area (Å²) >= 11 is 0. The van der Waals surface area contributed by atoms with E-state index in [1.165, 1.54) is 12.1 Å². The molecule has 0 atom stereocenters. The Kier molecular flexibility index (Phi) is 6.56. The highest BCUT2D eigenvalue weighted by Gasteiger charge is 2.35. The predicted molar refractivity (Wildman–Crippen MR) is 89.0 cm³/mol. The molecule has 0 aromatic heterocycles. The maximum atomic E-state index is 12.8. The second-order valence-corrected chi connectivity index (χ2v) is 6.34. The molecule has 24 heavy (non-hydrogen) atoms. The summed E-state index contributed by atoms with van der Waals surface area (Å²) in [4.78, 5) is 14.0. The maximum Gasteiger partial charge on any atom is 0.235 e. The minimum atomic E-state index is -0.663. The minimum absolute atomic E-state index is 0.111. The smallest absolute Gasteiger partial charge is 0.235 e. The lowest BCUT2D eigenvalue weighted by Gasteiger charge is -2.24. The molecule has 1 fully saturated rings. The standard InChI is InChI=1S/C18H24FN3O2/c1-22(11-4-12-24-16-7-5-15(19)6-8-16)13-17(23)21-18(14-20)9-2-3-10-18/h5-8H,2-4,9-13H2,1H3,(H,21,23). The number of hydrogen-bond acceptors (Lipinski definition) is 4. The number of carbonyl (C=O) groups is 1. The summed E-state index contributed by atoms with van der Waals surface area (Å²) in [6.45, 7) is 1.47. The fourth-order valence-corrected chi connectivity index (χ4v) is 2.93. The molecule has 0 radical (unpaired) electrons. The molecular formula is C18H24FN3O2. The third-order valence-corrected chi connectivity index (χ3v) is 4.23. The molecular weight excluding hydrogens is 309 g/mol. The van der Waals surface area contributed by atoms with Crippen LogP contribution >= 0.6 is 0 Å². The van der Waals surface area contributed by atoms with Crippen molar-refractivity contribution in [3.63, 3.8) is 0 Å². The number of ether oxygens (including phenoxy) is 1. The molecule has 1 aromatic carbocycles. The average Bonchev–Trinajstić information content (AvgIpc) is 3.02. The van der Waals surface area contributed by atoms with Crippen LogP contribution in [0.4, 0.5) is 4.39 Å². The Hall–Kier alpha value is -2.13. The van der Waals surface area contributed by atoms with E-state index in [1.807, 2.05) is 11.9 Å².